The van der Waals surface area contributed by atoms with Gasteiger partial charge in [-0.1, -0.05) is 0 Å². The van der Waals surface area contributed by atoms with E-state index in [0.717, 1.165) is 12.2 Å². The fraction of sp³-hybridized carbons (Fsp3) is 0.333. The van der Waals surface area contributed by atoms with Crippen LogP contribution in [-0.4, -0.2) is 25.5 Å². The first-order valence-electron chi connectivity index (χ1n) is 3.68. The largest absolute Gasteiger partial charge is 0.466 e. The second-order valence-corrected chi connectivity index (χ2v) is 2.10. The maximum atomic E-state index is 10.9. The fourth-order valence-electron chi connectivity index (χ4n) is 0.529. The number of methoxy groups -OCH3 is 1. The zero-order valence-electron chi connectivity index (χ0n) is 7.37. The Bertz CT molecular complexity index is 250. The molecule has 0 aromatic carbocycles. The summed E-state index contributed by atoms with van der Waals surface area (Å²) in [4.78, 5) is 21.4. The Kier molecular flexibility index (Phi) is 5.98. The van der Waals surface area contributed by atoms with Crippen molar-refractivity contribution in [3.05, 3.63) is 12.2 Å². The third kappa shape index (κ3) is 6.63. The summed E-state index contributed by atoms with van der Waals surface area (Å²) < 4.78 is 4.29. The first-order chi connectivity index (χ1) is 6.20. The van der Waals surface area contributed by atoms with Crippen LogP contribution < -0.4 is 5.32 Å². The van der Waals surface area contributed by atoms with Gasteiger partial charge in [0.25, 0.3) is 0 Å². The van der Waals surface area contributed by atoms with Gasteiger partial charge in [0.15, 0.2) is 0 Å². The number of terminal acetylenes is 1. The second kappa shape index (κ2) is 6.92. The van der Waals surface area contributed by atoms with Gasteiger partial charge in [-0.2, -0.15) is 0 Å². The Morgan fingerprint density at radius 3 is 2.77 bits per heavy atom. The van der Waals surface area contributed by atoms with Gasteiger partial charge in [-0.3, -0.25) is 4.79 Å². The van der Waals surface area contributed by atoms with Crippen molar-refractivity contribution < 1.29 is 14.3 Å². The lowest BCUT2D eigenvalue weighted by molar-refractivity contribution is -0.135. The van der Waals surface area contributed by atoms with Crippen LogP contribution in [0, 0.1) is 12.3 Å². The molecule has 0 aliphatic heterocycles. The van der Waals surface area contributed by atoms with Gasteiger partial charge < -0.3 is 10.1 Å². The molecule has 0 rings (SSSR count). The van der Waals surface area contributed by atoms with E-state index >= 15 is 0 Å². The van der Waals surface area contributed by atoms with Crippen LogP contribution in [0.1, 0.15) is 6.42 Å². The maximum absolute atomic E-state index is 10.9. The summed E-state index contributed by atoms with van der Waals surface area (Å²) in [5.74, 6) is 1.45. The van der Waals surface area contributed by atoms with E-state index in [4.69, 9.17) is 6.42 Å². The van der Waals surface area contributed by atoms with Crippen LogP contribution in [-0.2, 0) is 14.3 Å². The Hall–Kier alpha value is -1.76. The predicted octanol–water partition coefficient (Wildman–Crippen LogP) is -0.145. The molecule has 1 N–H and O–H groups in total. The van der Waals surface area contributed by atoms with Crippen LogP contribution in [0.25, 0.3) is 0 Å². The lowest BCUT2D eigenvalue weighted by atomic mass is 10.4. The lowest BCUT2D eigenvalue weighted by Crippen LogP contribution is -2.22. The van der Waals surface area contributed by atoms with Crippen LogP contribution >= 0.6 is 0 Å². The molecule has 0 saturated carbocycles. The number of nitrogens with one attached hydrogen (secondary N) is 1. The van der Waals surface area contributed by atoms with Crippen LogP contribution in [0.5, 0.6) is 0 Å². The number of carbonyl (C=O) groups excluding carboxylic acids is 2. The first-order valence-corrected chi connectivity index (χ1v) is 3.68. The number of esters is 1. The maximum Gasteiger partial charge on any atom is 0.330 e. The van der Waals surface area contributed by atoms with E-state index in [0.29, 0.717) is 13.0 Å². The summed E-state index contributed by atoms with van der Waals surface area (Å²) in [6.07, 6.45) is 7.58. The highest BCUT2D eigenvalue weighted by Gasteiger charge is 1.95. The van der Waals surface area contributed by atoms with E-state index in [1.165, 1.54) is 7.11 Å². The summed E-state index contributed by atoms with van der Waals surface area (Å²) in [6.45, 7) is 0.404. The summed E-state index contributed by atoms with van der Waals surface area (Å²) in [5, 5.41) is 2.49. The standard InChI is InChI=1S/C9H11NO3/c1-3-4-7-10-8(11)5-6-9(12)13-2/h1,5-6H,4,7H2,2H3,(H,10,11)/b6-5+. The van der Waals surface area contributed by atoms with Gasteiger partial charge in [-0.05, 0) is 0 Å². The van der Waals surface area contributed by atoms with Crippen molar-refractivity contribution in [3.8, 4) is 12.3 Å². The van der Waals surface area contributed by atoms with Crippen LogP contribution in [0.4, 0.5) is 0 Å². The molecule has 0 aliphatic carbocycles. The highest BCUT2D eigenvalue weighted by Crippen LogP contribution is 1.79. The highest BCUT2D eigenvalue weighted by molar-refractivity contribution is 5.94. The predicted molar refractivity (Wildman–Crippen MR) is 47.6 cm³/mol. The summed E-state index contributed by atoms with van der Waals surface area (Å²) in [7, 11) is 1.24. The highest BCUT2D eigenvalue weighted by atomic mass is 16.5. The average Bonchev–Trinajstić information content (AvgIpc) is 2.14. The summed E-state index contributed by atoms with van der Waals surface area (Å²) in [5.41, 5.74) is 0. The van der Waals surface area contributed by atoms with Crippen LogP contribution in [0.15, 0.2) is 12.2 Å². The number of rotatable bonds is 4. The van der Waals surface area contributed by atoms with E-state index in [-0.39, 0.29) is 5.91 Å². The Morgan fingerprint density at radius 2 is 2.23 bits per heavy atom. The molecule has 1 amide bonds. The number of ether oxygens (including phenoxy) is 1. The van der Waals surface area contributed by atoms with Gasteiger partial charge in [0, 0.05) is 25.1 Å². The molecule has 0 radical (unpaired) electrons. The number of hydrogen-bond acceptors (Lipinski definition) is 3. The normalized spacial score (nSPS) is 9.23. The van der Waals surface area contributed by atoms with Gasteiger partial charge >= 0.3 is 5.97 Å². The molecule has 0 heterocycles. The van der Waals surface area contributed by atoms with Crippen molar-refractivity contribution >= 4 is 11.9 Å². The molecular formula is C9H11NO3. The molecule has 4 heteroatoms. The molecule has 0 spiro atoms. The fourth-order valence-corrected chi connectivity index (χ4v) is 0.529. The van der Waals surface area contributed by atoms with Crippen molar-refractivity contribution in [1.29, 1.82) is 0 Å². The molecule has 0 bridgehead atoms. The lowest BCUT2D eigenvalue weighted by Gasteiger charge is -1.96. The van der Waals surface area contributed by atoms with E-state index in [1.807, 2.05) is 0 Å². The Balaban J connectivity index is 3.69. The van der Waals surface area contributed by atoms with Crippen molar-refractivity contribution in [1.82, 2.24) is 5.32 Å². The van der Waals surface area contributed by atoms with Crippen molar-refractivity contribution in [2.24, 2.45) is 0 Å². The molecule has 0 aromatic rings. The molecule has 13 heavy (non-hydrogen) atoms. The van der Waals surface area contributed by atoms with E-state index in [9.17, 15) is 9.59 Å². The number of hydrogen-bond donors (Lipinski definition) is 1. The molecule has 0 unspecified atom stereocenters. The van der Waals surface area contributed by atoms with Crippen molar-refractivity contribution in [3.63, 3.8) is 0 Å². The van der Waals surface area contributed by atoms with E-state index in [2.05, 4.69) is 16.0 Å². The zero-order chi connectivity index (χ0) is 10.1. The molecule has 4 nitrogen and oxygen atoms in total. The third-order valence-corrected chi connectivity index (χ3v) is 1.14. The van der Waals surface area contributed by atoms with Gasteiger partial charge in [0.1, 0.15) is 0 Å². The van der Waals surface area contributed by atoms with Crippen LogP contribution in [0.2, 0.25) is 0 Å². The van der Waals surface area contributed by atoms with Gasteiger partial charge in [0.05, 0.1) is 7.11 Å². The summed E-state index contributed by atoms with van der Waals surface area (Å²) >= 11 is 0. The topological polar surface area (TPSA) is 55.4 Å². The number of amides is 1. The molecule has 0 aromatic heterocycles. The smallest absolute Gasteiger partial charge is 0.330 e. The quantitative estimate of drug-likeness (QED) is 0.284. The van der Waals surface area contributed by atoms with Gasteiger partial charge in [0.2, 0.25) is 5.91 Å². The molecule has 70 valence electrons. The monoisotopic (exact) mass is 181 g/mol. The zero-order valence-corrected chi connectivity index (χ0v) is 7.37. The van der Waals surface area contributed by atoms with Crippen LogP contribution in [0.3, 0.4) is 0 Å². The molecule has 0 saturated heterocycles. The Labute approximate surface area is 77.0 Å². The minimum absolute atomic E-state index is 0.361. The third-order valence-electron chi connectivity index (χ3n) is 1.14. The van der Waals surface area contributed by atoms with Crippen molar-refractivity contribution in [2.45, 2.75) is 6.42 Å². The summed E-state index contributed by atoms with van der Waals surface area (Å²) in [6, 6.07) is 0. The first kappa shape index (κ1) is 11.2. The minimum atomic E-state index is -0.563. The Morgan fingerprint density at radius 1 is 1.54 bits per heavy atom. The van der Waals surface area contributed by atoms with Crippen molar-refractivity contribution in [2.75, 3.05) is 13.7 Å². The SMILES string of the molecule is C#CCCNC(=O)/C=C/C(=O)OC. The van der Waals surface area contributed by atoms with Gasteiger partial charge in [-0.25, -0.2) is 4.79 Å². The molecule has 0 atom stereocenters. The van der Waals surface area contributed by atoms with E-state index in [1.54, 1.807) is 0 Å². The molecule has 0 fully saturated rings. The van der Waals surface area contributed by atoms with E-state index < -0.39 is 5.97 Å². The number of carbonyl (C=O) groups is 2. The second-order valence-electron chi connectivity index (χ2n) is 2.10. The molecular weight excluding hydrogens is 170 g/mol. The van der Waals surface area contributed by atoms with Gasteiger partial charge in [-0.15, -0.1) is 12.3 Å². The minimum Gasteiger partial charge on any atom is -0.466 e. The average molecular weight is 181 g/mol. The molecule has 0 aliphatic rings.